The number of hydrogen-bond acceptors (Lipinski definition) is 5. The Morgan fingerprint density at radius 3 is 2.88 bits per heavy atom. The molecule has 140 valence electrons. The fourth-order valence-corrected chi connectivity index (χ4v) is 2.99. The number of amides is 1. The van der Waals surface area contributed by atoms with E-state index in [2.05, 4.69) is 10.5 Å². The van der Waals surface area contributed by atoms with E-state index in [1.807, 2.05) is 0 Å². The molecule has 1 N–H and O–H groups in total. The molecule has 1 aliphatic heterocycles. The average molecular weight is 365 g/mol. The summed E-state index contributed by atoms with van der Waals surface area (Å²) in [5.74, 6) is -1.73. The van der Waals surface area contributed by atoms with E-state index in [1.165, 1.54) is 12.1 Å². The van der Waals surface area contributed by atoms with E-state index in [1.54, 1.807) is 11.9 Å². The van der Waals surface area contributed by atoms with Gasteiger partial charge in [-0.15, -0.1) is 0 Å². The van der Waals surface area contributed by atoms with Crippen molar-refractivity contribution >= 4 is 5.91 Å². The third kappa shape index (κ3) is 4.37. The standard InChI is InChI=1S/C18H21F2N3O3/c1-23(10-12-4-3-7-21-9-12)18(24)16-8-13(26-22-16)11-25-17-14(19)5-2-6-15(17)20/h2,5-6,8,12,21H,3-4,7,9-11H2,1H3. The highest BCUT2D eigenvalue weighted by Crippen LogP contribution is 2.22. The van der Waals surface area contributed by atoms with Gasteiger partial charge >= 0.3 is 0 Å². The van der Waals surface area contributed by atoms with Gasteiger partial charge in [0.15, 0.2) is 28.8 Å². The molecule has 2 aromatic rings. The minimum atomic E-state index is -0.804. The minimum Gasteiger partial charge on any atom is -0.479 e. The van der Waals surface area contributed by atoms with Gasteiger partial charge in [0, 0.05) is 19.7 Å². The number of carbonyl (C=O) groups excluding carboxylic acids is 1. The molecule has 2 heterocycles. The van der Waals surface area contributed by atoms with E-state index in [-0.39, 0.29) is 24.0 Å². The molecule has 1 aromatic heterocycles. The van der Waals surface area contributed by atoms with Gasteiger partial charge in [-0.05, 0) is 44.0 Å². The lowest BCUT2D eigenvalue weighted by atomic mass is 9.99. The van der Waals surface area contributed by atoms with Crippen molar-refractivity contribution in [2.75, 3.05) is 26.7 Å². The molecule has 0 radical (unpaired) electrons. The van der Waals surface area contributed by atoms with Crippen LogP contribution in [-0.4, -0.2) is 42.6 Å². The molecule has 0 bridgehead atoms. The Hall–Kier alpha value is -2.48. The summed E-state index contributed by atoms with van der Waals surface area (Å²) in [5.41, 5.74) is 0.142. The van der Waals surface area contributed by atoms with Crippen LogP contribution in [0.4, 0.5) is 8.78 Å². The molecule has 3 rings (SSSR count). The number of halogens is 2. The van der Waals surface area contributed by atoms with E-state index < -0.39 is 17.4 Å². The van der Waals surface area contributed by atoms with Gasteiger partial charge in [-0.3, -0.25) is 4.79 Å². The number of nitrogens with zero attached hydrogens (tertiary/aromatic N) is 2. The Bertz CT molecular complexity index is 740. The summed E-state index contributed by atoms with van der Waals surface area (Å²) < 4.78 is 37.2. The van der Waals surface area contributed by atoms with E-state index in [9.17, 15) is 13.6 Å². The van der Waals surface area contributed by atoms with Crippen LogP contribution >= 0.6 is 0 Å². The number of ether oxygens (including phenoxy) is 1. The Kier molecular flexibility index (Phi) is 5.82. The maximum absolute atomic E-state index is 13.5. The molecule has 1 saturated heterocycles. The molecule has 1 fully saturated rings. The zero-order chi connectivity index (χ0) is 18.5. The molecule has 6 nitrogen and oxygen atoms in total. The number of carbonyl (C=O) groups is 1. The lowest BCUT2D eigenvalue weighted by Crippen LogP contribution is -2.39. The second-order valence-electron chi connectivity index (χ2n) is 6.42. The smallest absolute Gasteiger partial charge is 0.275 e. The first-order chi connectivity index (χ1) is 12.5. The SMILES string of the molecule is CN(CC1CCCNC1)C(=O)c1cc(COc2c(F)cccc2F)on1. The van der Waals surface area contributed by atoms with Crippen LogP contribution in [-0.2, 0) is 6.61 Å². The van der Waals surface area contributed by atoms with Crippen molar-refractivity contribution in [1.29, 1.82) is 0 Å². The predicted molar refractivity (Wildman–Crippen MR) is 89.7 cm³/mol. The van der Waals surface area contributed by atoms with Gasteiger partial charge in [0.25, 0.3) is 5.91 Å². The summed E-state index contributed by atoms with van der Waals surface area (Å²) >= 11 is 0. The lowest BCUT2D eigenvalue weighted by molar-refractivity contribution is 0.0754. The molecule has 0 saturated carbocycles. The second-order valence-corrected chi connectivity index (χ2v) is 6.42. The Morgan fingerprint density at radius 2 is 2.19 bits per heavy atom. The first kappa shape index (κ1) is 18.3. The van der Waals surface area contributed by atoms with Crippen molar-refractivity contribution in [3.63, 3.8) is 0 Å². The van der Waals surface area contributed by atoms with Crippen LogP contribution < -0.4 is 10.1 Å². The summed E-state index contributed by atoms with van der Waals surface area (Å²) in [5, 5.41) is 7.05. The van der Waals surface area contributed by atoms with Crippen molar-refractivity contribution in [2.24, 2.45) is 5.92 Å². The maximum Gasteiger partial charge on any atom is 0.275 e. The second kappa shape index (κ2) is 8.27. The van der Waals surface area contributed by atoms with Crippen LogP contribution in [0, 0.1) is 17.6 Å². The highest BCUT2D eigenvalue weighted by Gasteiger charge is 2.22. The van der Waals surface area contributed by atoms with Gasteiger partial charge < -0.3 is 19.5 Å². The van der Waals surface area contributed by atoms with Crippen LogP contribution in [0.2, 0.25) is 0 Å². The van der Waals surface area contributed by atoms with Gasteiger partial charge in [-0.1, -0.05) is 11.2 Å². The summed E-state index contributed by atoms with van der Waals surface area (Å²) in [6.07, 6.45) is 2.18. The number of nitrogens with one attached hydrogen (secondary N) is 1. The average Bonchev–Trinajstić information content (AvgIpc) is 3.10. The van der Waals surface area contributed by atoms with E-state index in [4.69, 9.17) is 9.26 Å². The number of piperidine rings is 1. The van der Waals surface area contributed by atoms with Gasteiger partial charge in [0.1, 0.15) is 6.61 Å². The van der Waals surface area contributed by atoms with Gasteiger partial charge in [0.05, 0.1) is 0 Å². The molecule has 1 aliphatic rings. The Balaban J connectivity index is 1.57. The Labute approximate surface area is 150 Å². The van der Waals surface area contributed by atoms with Crippen molar-refractivity contribution in [3.05, 3.63) is 47.4 Å². The number of hydrogen-bond donors (Lipinski definition) is 1. The number of aromatic nitrogens is 1. The highest BCUT2D eigenvalue weighted by atomic mass is 19.1. The minimum absolute atomic E-state index is 0.142. The molecular weight excluding hydrogens is 344 g/mol. The highest BCUT2D eigenvalue weighted by molar-refractivity contribution is 5.92. The third-order valence-corrected chi connectivity index (χ3v) is 4.33. The lowest BCUT2D eigenvalue weighted by Gasteiger charge is -2.27. The van der Waals surface area contributed by atoms with Crippen molar-refractivity contribution in [1.82, 2.24) is 15.4 Å². The van der Waals surface area contributed by atoms with E-state index in [0.717, 1.165) is 38.1 Å². The monoisotopic (exact) mass is 365 g/mol. The molecule has 26 heavy (non-hydrogen) atoms. The molecule has 0 aliphatic carbocycles. The molecule has 1 aromatic carbocycles. The van der Waals surface area contributed by atoms with Gasteiger partial charge in [0.2, 0.25) is 0 Å². The van der Waals surface area contributed by atoms with Crippen LogP contribution in [0.25, 0.3) is 0 Å². The van der Waals surface area contributed by atoms with Crippen LogP contribution in [0.3, 0.4) is 0 Å². The normalized spacial score (nSPS) is 17.1. The molecule has 1 amide bonds. The maximum atomic E-state index is 13.5. The predicted octanol–water partition coefficient (Wildman–Crippen LogP) is 2.60. The summed E-state index contributed by atoms with van der Waals surface area (Å²) in [4.78, 5) is 14.0. The van der Waals surface area contributed by atoms with Crippen molar-refractivity contribution in [2.45, 2.75) is 19.4 Å². The zero-order valence-electron chi connectivity index (χ0n) is 14.5. The van der Waals surface area contributed by atoms with Gasteiger partial charge in [-0.2, -0.15) is 0 Å². The summed E-state index contributed by atoms with van der Waals surface area (Å²) in [6.45, 7) is 2.31. The summed E-state index contributed by atoms with van der Waals surface area (Å²) in [6, 6.07) is 4.88. The Morgan fingerprint density at radius 1 is 1.42 bits per heavy atom. The van der Waals surface area contributed by atoms with Gasteiger partial charge in [-0.25, -0.2) is 8.78 Å². The quantitative estimate of drug-likeness (QED) is 0.852. The van der Waals surface area contributed by atoms with Crippen molar-refractivity contribution < 1.29 is 22.8 Å². The molecule has 1 unspecified atom stereocenters. The molecule has 8 heteroatoms. The van der Waals surface area contributed by atoms with E-state index >= 15 is 0 Å². The van der Waals surface area contributed by atoms with E-state index in [0.29, 0.717) is 12.5 Å². The number of benzene rings is 1. The van der Waals surface area contributed by atoms with Crippen molar-refractivity contribution in [3.8, 4) is 5.75 Å². The fraction of sp³-hybridized carbons (Fsp3) is 0.444. The van der Waals surface area contributed by atoms with Crippen LogP contribution in [0.5, 0.6) is 5.75 Å². The van der Waals surface area contributed by atoms with Crippen LogP contribution in [0.15, 0.2) is 28.8 Å². The fourth-order valence-electron chi connectivity index (χ4n) is 2.99. The third-order valence-electron chi connectivity index (χ3n) is 4.33. The molecule has 1 atom stereocenters. The summed E-state index contributed by atoms with van der Waals surface area (Å²) in [7, 11) is 1.72. The number of para-hydroxylation sites is 1. The van der Waals surface area contributed by atoms with Crippen LogP contribution in [0.1, 0.15) is 29.1 Å². The number of rotatable bonds is 6. The molecule has 0 spiro atoms. The molecular formula is C18H21F2N3O3. The first-order valence-electron chi connectivity index (χ1n) is 8.53. The topological polar surface area (TPSA) is 67.6 Å². The first-order valence-corrected chi connectivity index (χ1v) is 8.53. The zero-order valence-corrected chi connectivity index (χ0v) is 14.5. The largest absolute Gasteiger partial charge is 0.479 e.